The average Bonchev–Trinajstić information content (AvgIpc) is 2.59. The van der Waals surface area contributed by atoms with Crippen LogP contribution in [0.25, 0.3) is 0 Å². The van der Waals surface area contributed by atoms with Gasteiger partial charge in [0.1, 0.15) is 11.7 Å². The maximum Gasteiger partial charge on any atom is 0.398 e. The summed E-state index contributed by atoms with van der Waals surface area (Å²) in [4.78, 5) is 25.1. The number of nitrogens with zero attached hydrogens (tertiary/aromatic N) is 1. The number of hydrogen-bond donors (Lipinski definition) is 0. The number of carbonyl (C=O) groups excluding carboxylic acids is 2. The molecular weight excluding hydrogens is 405 g/mol. The number of hydrogen-bond acceptors (Lipinski definition) is 6. The minimum atomic E-state index is -3.66. The zero-order chi connectivity index (χ0) is 21.4. The monoisotopic (exact) mass is 431 g/mol. The minimum absolute atomic E-state index is 0.0884. The van der Waals surface area contributed by atoms with Crippen molar-refractivity contribution in [3.63, 3.8) is 0 Å². The van der Waals surface area contributed by atoms with Gasteiger partial charge in [-0.05, 0) is 45.7 Å². The number of carbonyl (C=O) groups is 2. The molecule has 0 saturated carbocycles. The lowest BCUT2D eigenvalue weighted by atomic mass is 10.1. The zero-order valence-electron chi connectivity index (χ0n) is 16.7. The largest absolute Gasteiger partial charge is 0.460 e. The molecule has 1 aromatic rings. The van der Waals surface area contributed by atoms with E-state index in [1.54, 1.807) is 39.0 Å². The first-order valence-electron chi connectivity index (χ1n) is 8.92. The summed E-state index contributed by atoms with van der Waals surface area (Å²) in [5.74, 6) is -0.769. The highest BCUT2D eigenvalue weighted by atomic mass is 35.5. The summed E-state index contributed by atoms with van der Waals surface area (Å²) >= 11 is 5.61. The summed E-state index contributed by atoms with van der Waals surface area (Å²) < 4.78 is 35.8. The van der Waals surface area contributed by atoms with Crippen LogP contribution < -0.4 is 0 Å². The van der Waals surface area contributed by atoms with Crippen LogP contribution in [0, 0.1) is 0 Å². The van der Waals surface area contributed by atoms with Crippen LogP contribution in [-0.2, 0) is 24.1 Å². The van der Waals surface area contributed by atoms with Crippen molar-refractivity contribution in [3.8, 4) is 0 Å². The number of amides is 1. The van der Waals surface area contributed by atoms with Crippen molar-refractivity contribution in [2.75, 3.05) is 11.8 Å². The maximum atomic E-state index is 12.6. The molecule has 0 fully saturated rings. The lowest BCUT2D eigenvalue weighted by Gasteiger charge is -2.22. The van der Waals surface area contributed by atoms with Crippen LogP contribution in [0.4, 0.5) is 4.79 Å². The second-order valence-corrected chi connectivity index (χ2v) is 9.67. The normalized spacial score (nSPS) is 12.9. The Balaban J connectivity index is 2.79. The standard InChI is InChI=1S/C18H27BClNO6S/c1-18(2,3)27-16(22)11-7-8-14(26-17(23)21(19)13-20)12-28(24,25)15-9-5-4-6-10-15/h4-6,9-10,14H,7-8,11-13,19H2,1-3H3. The molecule has 28 heavy (non-hydrogen) atoms. The molecule has 0 aliphatic rings. The number of benzene rings is 1. The molecule has 0 spiro atoms. The van der Waals surface area contributed by atoms with E-state index in [2.05, 4.69) is 0 Å². The van der Waals surface area contributed by atoms with E-state index >= 15 is 0 Å². The van der Waals surface area contributed by atoms with Gasteiger partial charge in [0.05, 0.1) is 16.7 Å². The third kappa shape index (κ3) is 8.97. The molecule has 0 radical (unpaired) electrons. The van der Waals surface area contributed by atoms with Gasteiger partial charge in [-0.15, -0.1) is 11.6 Å². The molecule has 0 saturated heterocycles. The fourth-order valence-corrected chi connectivity index (χ4v) is 3.88. The number of ether oxygens (including phenoxy) is 2. The molecule has 0 heterocycles. The Hall–Kier alpha value is -1.74. The first-order chi connectivity index (χ1) is 12.9. The molecule has 1 unspecified atom stereocenters. The van der Waals surface area contributed by atoms with Gasteiger partial charge in [0, 0.05) is 6.42 Å². The minimum Gasteiger partial charge on any atom is -0.460 e. The van der Waals surface area contributed by atoms with Crippen molar-refractivity contribution in [1.82, 2.24) is 4.81 Å². The van der Waals surface area contributed by atoms with E-state index in [-0.39, 0.29) is 35.5 Å². The van der Waals surface area contributed by atoms with Gasteiger partial charge >= 0.3 is 12.1 Å². The fourth-order valence-electron chi connectivity index (χ4n) is 2.29. The Morgan fingerprint density at radius 2 is 1.82 bits per heavy atom. The second kappa shape index (κ2) is 10.7. The van der Waals surface area contributed by atoms with E-state index in [1.807, 2.05) is 0 Å². The number of halogens is 1. The lowest BCUT2D eigenvalue weighted by molar-refractivity contribution is -0.155. The Bertz CT molecular complexity index is 751. The summed E-state index contributed by atoms with van der Waals surface area (Å²) in [6.07, 6.45) is -1.01. The van der Waals surface area contributed by atoms with Gasteiger partial charge in [0.2, 0.25) is 7.98 Å². The molecule has 156 valence electrons. The van der Waals surface area contributed by atoms with E-state index in [9.17, 15) is 18.0 Å². The molecule has 0 N–H and O–H groups in total. The highest BCUT2D eigenvalue weighted by Gasteiger charge is 2.26. The van der Waals surface area contributed by atoms with Gasteiger partial charge in [0.15, 0.2) is 9.84 Å². The van der Waals surface area contributed by atoms with Crippen LogP contribution in [0.5, 0.6) is 0 Å². The van der Waals surface area contributed by atoms with Crippen molar-refractivity contribution in [3.05, 3.63) is 30.3 Å². The van der Waals surface area contributed by atoms with Gasteiger partial charge in [-0.25, -0.2) is 13.2 Å². The SMILES string of the molecule is BN(CCl)C(=O)OC(CCCC(=O)OC(C)(C)C)CS(=O)(=O)c1ccccc1. The topological polar surface area (TPSA) is 90.0 Å². The van der Waals surface area contributed by atoms with Crippen LogP contribution >= 0.6 is 11.6 Å². The molecule has 0 aliphatic heterocycles. The first-order valence-corrected chi connectivity index (χ1v) is 11.1. The fraction of sp³-hybridized carbons (Fsp3) is 0.556. The molecule has 1 rings (SSSR count). The third-order valence-corrected chi connectivity index (χ3v) is 5.75. The average molecular weight is 432 g/mol. The van der Waals surface area contributed by atoms with E-state index in [0.29, 0.717) is 6.42 Å². The molecule has 7 nitrogen and oxygen atoms in total. The highest BCUT2D eigenvalue weighted by molar-refractivity contribution is 7.91. The third-order valence-electron chi connectivity index (χ3n) is 3.59. The lowest BCUT2D eigenvalue weighted by Crippen LogP contribution is -2.34. The Morgan fingerprint density at radius 3 is 2.36 bits per heavy atom. The Labute approximate surface area is 172 Å². The summed E-state index contributed by atoms with van der Waals surface area (Å²) in [7, 11) is -2.22. The predicted octanol–water partition coefficient (Wildman–Crippen LogP) is 2.52. The molecule has 0 bridgehead atoms. The van der Waals surface area contributed by atoms with Crippen molar-refractivity contribution in [2.45, 2.75) is 56.6 Å². The molecule has 10 heteroatoms. The van der Waals surface area contributed by atoms with E-state index in [1.165, 1.54) is 20.1 Å². The van der Waals surface area contributed by atoms with E-state index in [0.717, 1.165) is 4.81 Å². The number of sulfone groups is 1. The van der Waals surface area contributed by atoms with Crippen molar-refractivity contribution >= 4 is 41.5 Å². The van der Waals surface area contributed by atoms with Gasteiger partial charge < -0.3 is 14.3 Å². The number of esters is 1. The molecule has 0 aromatic heterocycles. The Kier molecular flexibility index (Phi) is 9.30. The number of rotatable bonds is 9. The van der Waals surface area contributed by atoms with Gasteiger partial charge in [-0.2, -0.15) is 0 Å². The van der Waals surface area contributed by atoms with Crippen molar-refractivity contribution in [2.24, 2.45) is 0 Å². The van der Waals surface area contributed by atoms with Gasteiger partial charge in [-0.3, -0.25) is 4.79 Å². The zero-order valence-corrected chi connectivity index (χ0v) is 18.3. The van der Waals surface area contributed by atoms with Crippen LogP contribution in [0.2, 0.25) is 0 Å². The summed E-state index contributed by atoms with van der Waals surface area (Å²) in [6.45, 7) is 5.30. The Morgan fingerprint density at radius 1 is 1.21 bits per heavy atom. The van der Waals surface area contributed by atoms with Gasteiger partial charge in [-0.1, -0.05) is 18.2 Å². The van der Waals surface area contributed by atoms with Crippen molar-refractivity contribution < 1.29 is 27.5 Å². The molecule has 1 atom stereocenters. The summed E-state index contributed by atoms with van der Waals surface area (Å²) in [6, 6.07) is 7.84. The van der Waals surface area contributed by atoms with E-state index < -0.39 is 27.6 Å². The second-order valence-electron chi connectivity index (χ2n) is 7.40. The highest BCUT2D eigenvalue weighted by Crippen LogP contribution is 2.17. The predicted molar refractivity (Wildman–Crippen MR) is 110 cm³/mol. The van der Waals surface area contributed by atoms with Crippen LogP contribution in [0.15, 0.2) is 35.2 Å². The first kappa shape index (κ1) is 24.3. The molecule has 0 aliphatic carbocycles. The molecule has 1 amide bonds. The number of alkyl halides is 1. The summed E-state index contributed by atoms with van der Waals surface area (Å²) in [5, 5.41) is 0. The van der Waals surface area contributed by atoms with Crippen LogP contribution in [0.3, 0.4) is 0 Å². The maximum absolute atomic E-state index is 12.6. The molecule has 1 aromatic carbocycles. The molecular formula is C18H27BClNO6S. The van der Waals surface area contributed by atoms with Gasteiger partial charge in [0.25, 0.3) is 0 Å². The van der Waals surface area contributed by atoms with Crippen LogP contribution in [0.1, 0.15) is 40.0 Å². The quantitative estimate of drug-likeness (QED) is 0.258. The van der Waals surface area contributed by atoms with Crippen molar-refractivity contribution in [1.29, 1.82) is 0 Å². The van der Waals surface area contributed by atoms with Crippen LogP contribution in [-0.4, -0.2) is 56.7 Å². The smallest absolute Gasteiger partial charge is 0.398 e. The van der Waals surface area contributed by atoms with E-state index in [4.69, 9.17) is 21.1 Å². The summed E-state index contributed by atoms with van der Waals surface area (Å²) in [5.41, 5.74) is -0.595.